The van der Waals surface area contributed by atoms with E-state index in [1.165, 1.54) is 12.1 Å². The first-order valence-corrected chi connectivity index (χ1v) is 6.34. The van der Waals surface area contributed by atoms with E-state index in [-0.39, 0.29) is 11.2 Å². The van der Waals surface area contributed by atoms with Crippen molar-refractivity contribution in [2.45, 2.75) is 13.8 Å². The fourth-order valence-corrected chi connectivity index (χ4v) is 2.31. The lowest BCUT2D eigenvalue weighted by Crippen LogP contribution is -2.17. The van der Waals surface area contributed by atoms with Gasteiger partial charge < -0.3 is 4.74 Å². The Hall–Kier alpha value is -0.830. The van der Waals surface area contributed by atoms with Gasteiger partial charge in [-0.05, 0) is 23.8 Å². The van der Waals surface area contributed by atoms with Crippen LogP contribution in [0.15, 0.2) is 24.3 Å². The Bertz CT molecular complexity index is 438. The summed E-state index contributed by atoms with van der Waals surface area (Å²) in [5, 5.41) is 0.705. The molecule has 0 atom stereocenters. The predicted molar refractivity (Wildman–Crippen MR) is 67.4 cm³/mol. The summed E-state index contributed by atoms with van der Waals surface area (Å²) in [6.45, 7) is 4.83. The average Bonchev–Trinajstić information content (AvgIpc) is 2.36. The molecule has 1 aromatic rings. The Balaban J connectivity index is 2.55. The zero-order chi connectivity index (χ0) is 11.8. The molecule has 3 heteroatoms. The van der Waals surface area contributed by atoms with Crippen molar-refractivity contribution >= 4 is 21.5 Å². The molecule has 1 aromatic carbocycles. The van der Waals surface area contributed by atoms with Crippen LogP contribution in [-0.2, 0) is 0 Å². The van der Waals surface area contributed by atoms with Crippen LogP contribution in [0.5, 0.6) is 5.75 Å². The van der Waals surface area contributed by atoms with Crippen molar-refractivity contribution in [3.05, 3.63) is 35.7 Å². The minimum Gasteiger partial charge on any atom is -0.492 e. The van der Waals surface area contributed by atoms with Gasteiger partial charge in [0, 0.05) is 16.3 Å². The lowest BCUT2D eigenvalue weighted by Gasteiger charge is -2.18. The largest absolute Gasteiger partial charge is 0.492 e. The lowest BCUT2D eigenvalue weighted by molar-refractivity contribution is 0.224. The summed E-state index contributed by atoms with van der Waals surface area (Å²) >= 11 is 3.45. The first-order valence-electron chi connectivity index (χ1n) is 5.22. The third kappa shape index (κ3) is 2.29. The molecule has 0 aliphatic carbocycles. The van der Waals surface area contributed by atoms with Gasteiger partial charge in [0.25, 0.3) is 0 Å². The summed E-state index contributed by atoms with van der Waals surface area (Å²) in [6, 6.07) is 4.66. The maximum atomic E-state index is 13.2. The van der Waals surface area contributed by atoms with Gasteiger partial charge in [0.05, 0.1) is 6.61 Å². The highest BCUT2D eigenvalue weighted by molar-refractivity contribution is 9.09. The van der Waals surface area contributed by atoms with Gasteiger partial charge in [0.15, 0.2) is 0 Å². The third-order valence-electron chi connectivity index (χ3n) is 2.60. The SMILES string of the molecule is CC1(C)C=C(CBr)c2cc(F)ccc2OC1. The number of halogens is 2. The summed E-state index contributed by atoms with van der Waals surface area (Å²) in [5.41, 5.74) is 1.90. The Morgan fingerprint density at radius 3 is 2.88 bits per heavy atom. The Morgan fingerprint density at radius 1 is 1.44 bits per heavy atom. The summed E-state index contributed by atoms with van der Waals surface area (Å²) in [4.78, 5) is 0. The summed E-state index contributed by atoms with van der Waals surface area (Å²) in [7, 11) is 0. The Labute approximate surface area is 103 Å². The molecule has 1 aliphatic heterocycles. The van der Waals surface area contributed by atoms with Crippen LogP contribution in [0.2, 0.25) is 0 Å². The highest BCUT2D eigenvalue weighted by Gasteiger charge is 2.23. The number of benzene rings is 1. The van der Waals surface area contributed by atoms with Crippen LogP contribution in [0, 0.1) is 11.2 Å². The van der Waals surface area contributed by atoms with Gasteiger partial charge in [-0.2, -0.15) is 0 Å². The number of allylic oxidation sites excluding steroid dienone is 1. The van der Waals surface area contributed by atoms with Gasteiger partial charge in [-0.15, -0.1) is 0 Å². The van der Waals surface area contributed by atoms with Gasteiger partial charge in [0.1, 0.15) is 11.6 Å². The van der Waals surface area contributed by atoms with Gasteiger partial charge in [-0.25, -0.2) is 4.39 Å². The molecular formula is C13H14BrFO. The topological polar surface area (TPSA) is 9.23 Å². The zero-order valence-corrected chi connectivity index (χ0v) is 11.0. The normalized spacial score (nSPS) is 18.1. The fraction of sp³-hybridized carbons (Fsp3) is 0.385. The van der Waals surface area contributed by atoms with Crippen LogP contribution < -0.4 is 4.74 Å². The first kappa shape index (κ1) is 11.6. The second-order valence-electron chi connectivity index (χ2n) is 4.72. The van der Waals surface area contributed by atoms with Crippen LogP contribution in [0.25, 0.3) is 5.57 Å². The van der Waals surface area contributed by atoms with E-state index in [1.807, 2.05) is 0 Å². The van der Waals surface area contributed by atoms with E-state index in [0.29, 0.717) is 11.9 Å². The number of ether oxygens (including phenoxy) is 1. The molecule has 0 fully saturated rings. The third-order valence-corrected chi connectivity index (χ3v) is 3.20. The van der Waals surface area contributed by atoms with Crippen LogP contribution in [0.1, 0.15) is 19.4 Å². The van der Waals surface area contributed by atoms with Crippen molar-refractivity contribution in [1.82, 2.24) is 0 Å². The predicted octanol–water partition coefficient (Wildman–Crippen LogP) is 4.02. The monoisotopic (exact) mass is 284 g/mol. The molecule has 16 heavy (non-hydrogen) atoms. The van der Waals surface area contributed by atoms with Gasteiger partial charge in [-0.3, -0.25) is 0 Å². The maximum absolute atomic E-state index is 13.2. The summed E-state index contributed by atoms with van der Waals surface area (Å²) in [5.74, 6) is 0.534. The van der Waals surface area contributed by atoms with E-state index >= 15 is 0 Å². The molecule has 0 radical (unpaired) electrons. The molecule has 0 saturated carbocycles. The molecule has 0 amide bonds. The van der Waals surface area contributed by atoms with Crippen LogP contribution >= 0.6 is 15.9 Å². The smallest absolute Gasteiger partial charge is 0.127 e. The minimum atomic E-state index is -0.228. The molecule has 2 rings (SSSR count). The van der Waals surface area contributed by atoms with Crippen molar-refractivity contribution in [2.75, 3.05) is 11.9 Å². The molecule has 86 valence electrons. The van der Waals surface area contributed by atoms with E-state index in [0.717, 1.165) is 16.9 Å². The molecule has 1 heterocycles. The summed E-state index contributed by atoms with van der Waals surface area (Å²) in [6.07, 6.45) is 2.15. The van der Waals surface area contributed by atoms with Crippen molar-refractivity contribution < 1.29 is 9.13 Å². The van der Waals surface area contributed by atoms with Crippen molar-refractivity contribution in [2.24, 2.45) is 5.41 Å². The molecule has 0 saturated heterocycles. The van der Waals surface area contributed by atoms with E-state index in [4.69, 9.17) is 4.74 Å². The van der Waals surface area contributed by atoms with Crippen molar-refractivity contribution in [3.63, 3.8) is 0 Å². The fourth-order valence-electron chi connectivity index (χ4n) is 1.84. The first-order chi connectivity index (χ1) is 7.52. The van der Waals surface area contributed by atoms with E-state index < -0.39 is 0 Å². The second kappa shape index (κ2) is 4.21. The minimum absolute atomic E-state index is 0.0292. The molecular weight excluding hydrogens is 271 g/mol. The van der Waals surface area contributed by atoms with E-state index in [2.05, 4.69) is 35.9 Å². The second-order valence-corrected chi connectivity index (χ2v) is 5.28. The van der Waals surface area contributed by atoms with Gasteiger partial charge in [0.2, 0.25) is 0 Å². The number of rotatable bonds is 1. The van der Waals surface area contributed by atoms with Crippen LogP contribution in [0.3, 0.4) is 0 Å². The molecule has 0 N–H and O–H groups in total. The molecule has 1 nitrogen and oxygen atoms in total. The number of fused-ring (bicyclic) bond motifs is 1. The molecule has 1 aliphatic rings. The summed E-state index contributed by atoms with van der Waals surface area (Å²) < 4.78 is 18.9. The number of hydrogen-bond acceptors (Lipinski definition) is 1. The molecule has 0 aromatic heterocycles. The molecule has 0 spiro atoms. The number of alkyl halides is 1. The standard InChI is InChI=1S/C13H14BrFO/c1-13(2)6-9(7-14)11-5-10(15)3-4-12(11)16-8-13/h3-6H,7-8H2,1-2H3. The van der Waals surface area contributed by atoms with E-state index in [1.54, 1.807) is 6.07 Å². The van der Waals surface area contributed by atoms with Gasteiger partial charge >= 0.3 is 0 Å². The molecule has 0 bridgehead atoms. The Morgan fingerprint density at radius 2 is 2.19 bits per heavy atom. The van der Waals surface area contributed by atoms with Crippen LogP contribution in [-0.4, -0.2) is 11.9 Å². The lowest BCUT2D eigenvalue weighted by atomic mass is 9.91. The number of hydrogen-bond donors (Lipinski definition) is 0. The highest BCUT2D eigenvalue weighted by atomic mass is 79.9. The quantitative estimate of drug-likeness (QED) is 0.708. The highest BCUT2D eigenvalue weighted by Crippen LogP contribution is 2.36. The van der Waals surface area contributed by atoms with Crippen molar-refractivity contribution in [1.29, 1.82) is 0 Å². The molecule has 0 unspecified atom stereocenters. The van der Waals surface area contributed by atoms with Gasteiger partial charge in [-0.1, -0.05) is 35.9 Å². The van der Waals surface area contributed by atoms with Crippen molar-refractivity contribution in [3.8, 4) is 5.75 Å². The maximum Gasteiger partial charge on any atom is 0.127 e. The zero-order valence-electron chi connectivity index (χ0n) is 9.39. The van der Waals surface area contributed by atoms with E-state index in [9.17, 15) is 4.39 Å². The Kier molecular flexibility index (Phi) is 3.06. The van der Waals surface area contributed by atoms with Crippen LogP contribution in [0.4, 0.5) is 4.39 Å². The average molecular weight is 285 g/mol.